The Kier molecular flexibility index (Phi) is 5.93. The summed E-state index contributed by atoms with van der Waals surface area (Å²) in [4.78, 5) is 26.6. The number of nitrogens with one attached hydrogen (secondary N) is 2. The van der Waals surface area contributed by atoms with Crippen molar-refractivity contribution in [3.63, 3.8) is 0 Å². The fourth-order valence-corrected chi connectivity index (χ4v) is 2.35. The van der Waals surface area contributed by atoms with Crippen LogP contribution in [-0.2, 0) is 4.79 Å². The third-order valence-electron chi connectivity index (χ3n) is 2.05. The van der Waals surface area contributed by atoms with E-state index in [0.717, 1.165) is 5.69 Å². The Hall–Kier alpha value is -1.28. The number of aliphatic carboxylic acids is 1. The molecule has 0 aromatic carbocycles. The number of carboxylic acids is 1. The highest BCUT2D eigenvalue weighted by atomic mass is 32.2. The second-order valence-electron chi connectivity index (χ2n) is 3.56. The van der Waals surface area contributed by atoms with Gasteiger partial charge in [0, 0.05) is 5.38 Å². The molecule has 0 aliphatic heterocycles. The Bertz CT molecular complexity index is 422. The van der Waals surface area contributed by atoms with Crippen LogP contribution in [0.5, 0.6) is 0 Å². The number of carbonyl (C=O) groups excluding carboxylic acids is 1. The van der Waals surface area contributed by atoms with Gasteiger partial charge in [-0.3, -0.25) is 5.32 Å². The van der Waals surface area contributed by atoms with Crippen LogP contribution >= 0.6 is 23.1 Å². The van der Waals surface area contributed by atoms with Gasteiger partial charge in [-0.2, -0.15) is 11.8 Å². The Labute approximate surface area is 113 Å². The van der Waals surface area contributed by atoms with Crippen LogP contribution in [0.25, 0.3) is 0 Å². The van der Waals surface area contributed by atoms with Gasteiger partial charge in [-0.15, -0.1) is 11.3 Å². The van der Waals surface area contributed by atoms with E-state index in [1.54, 1.807) is 5.38 Å². The minimum atomic E-state index is -1.03. The number of thioether (sulfide) groups is 1. The van der Waals surface area contributed by atoms with Crippen molar-refractivity contribution in [2.75, 3.05) is 17.3 Å². The lowest BCUT2D eigenvalue weighted by Gasteiger charge is -2.13. The number of anilines is 1. The number of amides is 2. The predicted octanol–water partition coefficient (Wildman–Crippen LogP) is 1.78. The maximum absolute atomic E-state index is 11.6. The van der Waals surface area contributed by atoms with Crippen molar-refractivity contribution in [1.29, 1.82) is 0 Å². The zero-order valence-electron chi connectivity index (χ0n) is 10.1. The first-order valence-electron chi connectivity index (χ1n) is 5.24. The number of hydrogen-bond acceptors (Lipinski definition) is 5. The molecule has 1 rings (SSSR count). The summed E-state index contributed by atoms with van der Waals surface area (Å²) in [5.74, 6) is -0.359. The lowest BCUT2D eigenvalue weighted by atomic mass is 10.2. The summed E-state index contributed by atoms with van der Waals surface area (Å²) in [5, 5.41) is 16.1. The fourth-order valence-electron chi connectivity index (χ4n) is 1.20. The lowest BCUT2D eigenvalue weighted by Crippen LogP contribution is -2.43. The molecule has 0 radical (unpaired) electrons. The third-order valence-corrected chi connectivity index (χ3v) is 3.57. The highest BCUT2D eigenvalue weighted by molar-refractivity contribution is 7.98. The molecule has 1 atom stereocenters. The Morgan fingerprint density at radius 2 is 2.33 bits per heavy atom. The van der Waals surface area contributed by atoms with Gasteiger partial charge < -0.3 is 10.4 Å². The maximum atomic E-state index is 11.6. The van der Waals surface area contributed by atoms with Crippen molar-refractivity contribution < 1.29 is 14.7 Å². The zero-order valence-corrected chi connectivity index (χ0v) is 11.7. The van der Waals surface area contributed by atoms with Gasteiger partial charge in [-0.05, 0) is 25.4 Å². The van der Waals surface area contributed by atoms with E-state index in [9.17, 15) is 9.59 Å². The monoisotopic (exact) mass is 289 g/mol. The number of hydrogen-bond donors (Lipinski definition) is 3. The normalized spacial score (nSPS) is 11.9. The van der Waals surface area contributed by atoms with Gasteiger partial charge >= 0.3 is 12.0 Å². The summed E-state index contributed by atoms with van der Waals surface area (Å²) in [6.45, 7) is 1.82. The van der Waals surface area contributed by atoms with Gasteiger partial charge in [-0.1, -0.05) is 0 Å². The van der Waals surface area contributed by atoms with Gasteiger partial charge in [0.05, 0.1) is 5.69 Å². The molecule has 18 heavy (non-hydrogen) atoms. The van der Waals surface area contributed by atoms with Crippen molar-refractivity contribution in [1.82, 2.24) is 10.3 Å². The SMILES string of the molecule is CSCCC(NC(=O)Nc1nc(C)cs1)C(=O)O. The van der Waals surface area contributed by atoms with Crippen molar-refractivity contribution in [2.24, 2.45) is 0 Å². The number of thiazole rings is 1. The van der Waals surface area contributed by atoms with E-state index in [-0.39, 0.29) is 0 Å². The molecular weight excluding hydrogens is 274 g/mol. The molecule has 1 unspecified atom stereocenters. The Morgan fingerprint density at radius 1 is 1.61 bits per heavy atom. The third kappa shape index (κ3) is 4.92. The molecule has 2 amide bonds. The number of rotatable bonds is 6. The summed E-state index contributed by atoms with van der Waals surface area (Å²) in [6, 6.07) is -1.42. The van der Waals surface area contributed by atoms with Crippen LogP contribution in [0.2, 0.25) is 0 Å². The quantitative estimate of drug-likeness (QED) is 0.742. The van der Waals surface area contributed by atoms with Crippen molar-refractivity contribution >= 4 is 40.2 Å². The van der Waals surface area contributed by atoms with E-state index in [2.05, 4.69) is 15.6 Å². The first kappa shape index (κ1) is 14.8. The van der Waals surface area contributed by atoms with Gasteiger partial charge in [0.25, 0.3) is 0 Å². The summed E-state index contributed by atoms with van der Waals surface area (Å²) in [7, 11) is 0. The molecule has 0 saturated heterocycles. The summed E-state index contributed by atoms with van der Waals surface area (Å²) < 4.78 is 0. The van der Waals surface area contributed by atoms with Crippen molar-refractivity contribution in [3.05, 3.63) is 11.1 Å². The first-order valence-corrected chi connectivity index (χ1v) is 7.51. The summed E-state index contributed by atoms with van der Waals surface area (Å²) >= 11 is 2.83. The van der Waals surface area contributed by atoms with E-state index >= 15 is 0 Å². The van der Waals surface area contributed by atoms with E-state index in [1.807, 2.05) is 13.2 Å². The molecule has 0 fully saturated rings. The van der Waals surface area contributed by atoms with E-state index < -0.39 is 18.0 Å². The number of urea groups is 1. The highest BCUT2D eigenvalue weighted by Gasteiger charge is 2.19. The number of nitrogens with zero attached hydrogens (tertiary/aromatic N) is 1. The molecule has 0 aliphatic carbocycles. The van der Waals surface area contributed by atoms with Gasteiger partial charge in [-0.25, -0.2) is 14.6 Å². The molecule has 0 bridgehead atoms. The second-order valence-corrected chi connectivity index (χ2v) is 5.41. The number of aromatic nitrogens is 1. The first-order chi connectivity index (χ1) is 8.52. The van der Waals surface area contributed by atoms with Crippen LogP contribution in [0.15, 0.2) is 5.38 Å². The minimum absolute atomic E-state index is 0.390. The highest BCUT2D eigenvalue weighted by Crippen LogP contribution is 2.14. The maximum Gasteiger partial charge on any atom is 0.326 e. The Balaban J connectivity index is 2.48. The molecule has 100 valence electrons. The molecule has 0 saturated carbocycles. The predicted molar refractivity (Wildman–Crippen MR) is 73.4 cm³/mol. The molecular formula is C10H15N3O3S2. The van der Waals surface area contributed by atoms with Crippen LogP contribution in [0.3, 0.4) is 0 Å². The largest absolute Gasteiger partial charge is 0.480 e. The average Bonchev–Trinajstić information content (AvgIpc) is 2.69. The molecule has 1 aromatic rings. The molecule has 1 heterocycles. The number of carboxylic acid groups (broad SMARTS) is 1. The van der Waals surface area contributed by atoms with Crippen LogP contribution in [-0.4, -0.2) is 40.1 Å². The molecule has 1 aromatic heterocycles. The minimum Gasteiger partial charge on any atom is -0.480 e. The van der Waals surface area contributed by atoms with Gasteiger partial charge in [0.15, 0.2) is 5.13 Å². The fraction of sp³-hybridized carbons (Fsp3) is 0.500. The Morgan fingerprint density at radius 3 is 2.83 bits per heavy atom. The van der Waals surface area contributed by atoms with Crippen molar-refractivity contribution in [3.8, 4) is 0 Å². The molecule has 6 nitrogen and oxygen atoms in total. The van der Waals surface area contributed by atoms with Gasteiger partial charge in [0.1, 0.15) is 6.04 Å². The van der Waals surface area contributed by atoms with E-state index in [0.29, 0.717) is 17.3 Å². The summed E-state index contributed by atoms with van der Waals surface area (Å²) in [6.07, 6.45) is 2.28. The lowest BCUT2D eigenvalue weighted by molar-refractivity contribution is -0.139. The molecule has 3 N–H and O–H groups in total. The van der Waals surface area contributed by atoms with Crippen LogP contribution < -0.4 is 10.6 Å². The van der Waals surface area contributed by atoms with Crippen LogP contribution in [0.4, 0.5) is 9.93 Å². The number of carbonyl (C=O) groups is 2. The summed E-state index contributed by atoms with van der Waals surface area (Å²) in [5.41, 5.74) is 0.812. The van der Waals surface area contributed by atoms with Gasteiger partial charge in [0.2, 0.25) is 0 Å². The van der Waals surface area contributed by atoms with Crippen LogP contribution in [0.1, 0.15) is 12.1 Å². The van der Waals surface area contributed by atoms with E-state index in [4.69, 9.17) is 5.11 Å². The smallest absolute Gasteiger partial charge is 0.326 e. The topological polar surface area (TPSA) is 91.3 Å². The number of aryl methyl sites for hydroxylation is 1. The van der Waals surface area contributed by atoms with Crippen LogP contribution in [0, 0.1) is 6.92 Å². The standard InChI is InChI=1S/C10H15N3O3S2/c1-6-5-18-10(11-6)13-9(16)12-7(8(14)15)3-4-17-2/h5,7H,3-4H2,1-2H3,(H,14,15)(H2,11,12,13,16). The molecule has 0 spiro atoms. The zero-order chi connectivity index (χ0) is 13.5. The van der Waals surface area contributed by atoms with E-state index in [1.165, 1.54) is 23.1 Å². The molecule has 0 aliphatic rings. The average molecular weight is 289 g/mol. The second kappa shape index (κ2) is 7.22. The molecule has 8 heteroatoms. The van der Waals surface area contributed by atoms with Crippen molar-refractivity contribution in [2.45, 2.75) is 19.4 Å².